The molecule has 290 valence electrons. The lowest BCUT2D eigenvalue weighted by atomic mass is 9.95. The van der Waals surface area contributed by atoms with Gasteiger partial charge in [0.1, 0.15) is 11.2 Å². The van der Waals surface area contributed by atoms with Gasteiger partial charge in [-0.1, -0.05) is 176 Å². The van der Waals surface area contributed by atoms with Gasteiger partial charge < -0.3 is 9.32 Å². The minimum Gasteiger partial charge on any atom is -0.455 e. The number of rotatable bonds is 7. The van der Waals surface area contributed by atoms with Crippen molar-refractivity contribution < 1.29 is 15.4 Å². The summed E-state index contributed by atoms with van der Waals surface area (Å²) in [6.45, 7) is 0. The number of hydrogen-bond acceptors (Lipinski definition) is 2. The molecule has 0 amide bonds. The van der Waals surface area contributed by atoms with Crippen molar-refractivity contribution in [3.8, 4) is 44.5 Å². The van der Waals surface area contributed by atoms with E-state index in [1.807, 2.05) is 164 Å². The molecular formula is C60H39NO. The Bertz CT molecular complexity index is 4070. The molecule has 0 unspecified atom stereocenters. The van der Waals surface area contributed by atoms with Gasteiger partial charge in [-0.3, -0.25) is 0 Å². The number of furan rings is 1. The van der Waals surface area contributed by atoms with Gasteiger partial charge in [0, 0.05) is 33.1 Å². The van der Waals surface area contributed by atoms with Crippen LogP contribution in [0.4, 0.5) is 17.1 Å². The number of hydrogen-bond donors (Lipinski definition) is 0. The molecule has 1 heterocycles. The molecule has 12 aromatic rings. The largest absolute Gasteiger partial charge is 0.455 e. The second-order valence-electron chi connectivity index (χ2n) is 15.4. The van der Waals surface area contributed by atoms with Gasteiger partial charge >= 0.3 is 0 Å². The summed E-state index contributed by atoms with van der Waals surface area (Å²) < 4.78 is 84.2. The Labute approximate surface area is 371 Å². The fourth-order valence-corrected chi connectivity index (χ4v) is 8.82. The maximum Gasteiger partial charge on any atom is 0.143 e. The molecule has 0 saturated carbocycles. The second-order valence-corrected chi connectivity index (χ2v) is 15.4. The third-order valence-electron chi connectivity index (χ3n) is 11.8. The molecule has 0 aliphatic rings. The first kappa shape index (κ1) is 28.3. The fourth-order valence-electron chi connectivity index (χ4n) is 8.82. The zero-order chi connectivity index (χ0) is 47.9. The zero-order valence-corrected chi connectivity index (χ0v) is 33.3. The van der Waals surface area contributed by atoms with Gasteiger partial charge in [-0.15, -0.1) is 0 Å². The van der Waals surface area contributed by atoms with Crippen LogP contribution in [0.5, 0.6) is 0 Å². The zero-order valence-electron chi connectivity index (χ0n) is 41.3. The van der Waals surface area contributed by atoms with Gasteiger partial charge in [-0.2, -0.15) is 0 Å². The molecule has 0 fully saturated rings. The third kappa shape index (κ3) is 6.12. The van der Waals surface area contributed by atoms with E-state index in [4.69, 9.17) is 4.42 Å². The molecule has 0 aliphatic carbocycles. The van der Waals surface area contributed by atoms with E-state index in [1.54, 1.807) is 24.3 Å². The van der Waals surface area contributed by atoms with Gasteiger partial charge in [0.2, 0.25) is 0 Å². The molecule has 0 bridgehead atoms. The van der Waals surface area contributed by atoms with E-state index in [9.17, 15) is 11.0 Å². The Morgan fingerprint density at radius 2 is 0.855 bits per heavy atom. The highest BCUT2D eigenvalue weighted by atomic mass is 16.3. The smallest absolute Gasteiger partial charge is 0.143 e. The van der Waals surface area contributed by atoms with E-state index in [1.165, 1.54) is 4.90 Å². The first-order valence-corrected chi connectivity index (χ1v) is 20.6. The van der Waals surface area contributed by atoms with Gasteiger partial charge in [0.25, 0.3) is 0 Å². The van der Waals surface area contributed by atoms with Crippen LogP contribution in [0.15, 0.2) is 241 Å². The Kier molecular flexibility index (Phi) is 6.76. The Morgan fingerprint density at radius 3 is 1.60 bits per heavy atom. The third-order valence-corrected chi connectivity index (χ3v) is 11.8. The molecule has 0 saturated heterocycles. The van der Waals surface area contributed by atoms with Crippen LogP contribution in [0.1, 0.15) is 11.0 Å². The highest BCUT2D eigenvalue weighted by Gasteiger charge is 2.19. The van der Waals surface area contributed by atoms with Crippen molar-refractivity contribution in [2.45, 2.75) is 0 Å². The van der Waals surface area contributed by atoms with Crippen LogP contribution < -0.4 is 4.90 Å². The molecule has 0 N–H and O–H groups in total. The average molecular weight is 798 g/mol. The highest BCUT2D eigenvalue weighted by Crippen LogP contribution is 2.44. The van der Waals surface area contributed by atoms with Crippen molar-refractivity contribution in [3.05, 3.63) is 236 Å². The lowest BCUT2D eigenvalue weighted by molar-refractivity contribution is 0.672. The quantitative estimate of drug-likeness (QED) is 0.160. The normalized spacial score (nSPS) is 13.4. The summed E-state index contributed by atoms with van der Waals surface area (Å²) in [6, 6.07) is 57.0. The molecular weight excluding hydrogens is 751 g/mol. The van der Waals surface area contributed by atoms with Crippen LogP contribution in [-0.2, 0) is 0 Å². The summed E-state index contributed by atoms with van der Waals surface area (Å²) in [5.74, 6) is 0. The summed E-state index contributed by atoms with van der Waals surface area (Å²) in [7, 11) is 0. The first-order valence-electron chi connectivity index (χ1n) is 24.6. The predicted molar refractivity (Wildman–Crippen MR) is 263 cm³/mol. The number of benzene rings is 11. The van der Waals surface area contributed by atoms with Gasteiger partial charge in [-0.25, -0.2) is 0 Å². The van der Waals surface area contributed by atoms with Crippen molar-refractivity contribution in [2.24, 2.45) is 0 Å². The standard InChI is InChI=1S/C60H39NO/c1-3-18-50-41(12-1)14-10-22-52(50)43-28-34-49(35-29-43)61(48-32-26-40(27-33-48)44-16-9-17-45(38-44)53-23-11-15-42-13-2-4-19-51(42)53)58-24-7-5-20-54(58)46-30-36-55-47(39-46)31-37-57-56-21-6-8-25-59(56)62-60(55)57/h1-39H/i26D,27D,28D,29D,32D,33D,34D,35D. The van der Waals surface area contributed by atoms with Crippen molar-refractivity contribution >= 4 is 71.3 Å². The van der Waals surface area contributed by atoms with E-state index in [2.05, 4.69) is 0 Å². The maximum absolute atomic E-state index is 9.84. The van der Waals surface area contributed by atoms with Crippen molar-refractivity contribution in [2.75, 3.05) is 4.90 Å². The van der Waals surface area contributed by atoms with Crippen LogP contribution in [0, 0.1) is 0 Å². The summed E-state index contributed by atoms with van der Waals surface area (Å²) in [5, 5.41) is 7.52. The molecule has 11 aromatic carbocycles. The molecule has 62 heavy (non-hydrogen) atoms. The van der Waals surface area contributed by atoms with E-state index < -0.39 is 24.2 Å². The van der Waals surface area contributed by atoms with Crippen molar-refractivity contribution in [1.29, 1.82) is 0 Å². The molecule has 0 spiro atoms. The Morgan fingerprint density at radius 1 is 0.323 bits per heavy atom. The average Bonchev–Trinajstić information content (AvgIpc) is 3.79. The Hall–Kier alpha value is -8.20. The Balaban J connectivity index is 1.09. The SMILES string of the molecule is [2H]c1c([2H])c(N(c2ccccc2-c2ccc3c(ccc4c5ccccc5oc34)c2)c2c([2H])c([2H])c(-c3cccc4ccccc34)c([2H])c2[2H])c([2H])c([2H])c1-c1cccc(-c2cccc3ccccc23)c1. The number of anilines is 3. The van der Waals surface area contributed by atoms with Crippen LogP contribution in [0.2, 0.25) is 0 Å². The molecule has 12 rings (SSSR count). The van der Waals surface area contributed by atoms with E-state index >= 15 is 0 Å². The van der Waals surface area contributed by atoms with E-state index in [0.29, 0.717) is 22.4 Å². The van der Waals surface area contributed by atoms with Crippen LogP contribution in [0.25, 0.3) is 98.8 Å². The number of para-hydroxylation sites is 2. The summed E-state index contributed by atoms with van der Waals surface area (Å²) in [4.78, 5) is 1.40. The van der Waals surface area contributed by atoms with Gasteiger partial charge in [0.15, 0.2) is 0 Å². The molecule has 2 nitrogen and oxygen atoms in total. The first-order chi connectivity index (χ1) is 34.1. The summed E-state index contributed by atoms with van der Waals surface area (Å²) in [5.41, 5.74) is 5.75. The molecule has 0 aliphatic heterocycles. The van der Waals surface area contributed by atoms with Gasteiger partial charge in [0.05, 0.1) is 16.7 Å². The van der Waals surface area contributed by atoms with Crippen molar-refractivity contribution in [3.63, 3.8) is 0 Å². The van der Waals surface area contributed by atoms with Crippen LogP contribution in [-0.4, -0.2) is 0 Å². The summed E-state index contributed by atoms with van der Waals surface area (Å²) in [6.07, 6.45) is 0. The monoisotopic (exact) mass is 797 g/mol. The van der Waals surface area contributed by atoms with Crippen LogP contribution in [0.3, 0.4) is 0 Å². The maximum atomic E-state index is 9.84. The molecule has 1 aromatic heterocycles. The molecule has 2 heteroatoms. The minimum atomic E-state index is -0.415. The number of fused-ring (bicyclic) bond motifs is 7. The number of nitrogens with zero attached hydrogens (tertiary/aromatic N) is 1. The fraction of sp³-hybridized carbons (Fsp3) is 0. The predicted octanol–water partition coefficient (Wildman–Crippen LogP) is 17.2. The second kappa shape index (κ2) is 14.8. The molecule has 0 atom stereocenters. The van der Waals surface area contributed by atoms with Gasteiger partial charge in [-0.05, 0) is 126 Å². The summed E-state index contributed by atoms with van der Waals surface area (Å²) >= 11 is 0. The van der Waals surface area contributed by atoms with Crippen LogP contribution >= 0.6 is 0 Å². The van der Waals surface area contributed by atoms with Crippen molar-refractivity contribution in [1.82, 2.24) is 0 Å². The lowest BCUT2D eigenvalue weighted by Crippen LogP contribution is -2.11. The topological polar surface area (TPSA) is 16.4 Å². The molecule has 0 radical (unpaired) electrons. The lowest BCUT2D eigenvalue weighted by Gasteiger charge is -2.28. The minimum absolute atomic E-state index is 0.0892. The van der Waals surface area contributed by atoms with E-state index in [0.717, 1.165) is 70.9 Å². The van der Waals surface area contributed by atoms with E-state index in [-0.39, 0.29) is 46.7 Å². The highest BCUT2D eigenvalue weighted by molar-refractivity contribution is 6.15.